The lowest BCUT2D eigenvalue weighted by Crippen LogP contribution is -2.01. The summed E-state index contributed by atoms with van der Waals surface area (Å²) in [5.74, 6) is 0.288. The van der Waals surface area contributed by atoms with E-state index in [1.807, 2.05) is 0 Å². The van der Waals surface area contributed by atoms with E-state index in [4.69, 9.17) is 15.3 Å². The van der Waals surface area contributed by atoms with E-state index < -0.39 is 5.97 Å². The molecule has 1 aromatic carbocycles. The maximum Gasteiger partial charge on any atom is 0.338 e. The van der Waals surface area contributed by atoms with E-state index >= 15 is 0 Å². The van der Waals surface area contributed by atoms with Crippen LogP contribution in [0.25, 0.3) is 6.08 Å². The molecule has 0 aliphatic rings. The van der Waals surface area contributed by atoms with E-state index in [0.717, 1.165) is 0 Å². The van der Waals surface area contributed by atoms with Gasteiger partial charge in [-0.1, -0.05) is 12.1 Å². The average molecular weight is 305 g/mol. The smallest absolute Gasteiger partial charge is 0.338 e. The molecule has 0 N–H and O–H groups in total. The van der Waals surface area contributed by atoms with Crippen molar-refractivity contribution in [3.8, 4) is 23.8 Å². The molecule has 2 rings (SSSR count). The van der Waals surface area contributed by atoms with Gasteiger partial charge in [-0.2, -0.15) is 10.5 Å². The van der Waals surface area contributed by atoms with Gasteiger partial charge >= 0.3 is 5.97 Å². The summed E-state index contributed by atoms with van der Waals surface area (Å²) in [6.45, 7) is 0. The molecule has 0 bridgehead atoms. The Hall–Kier alpha value is -3.64. The summed E-state index contributed by atoms with van der Waals surface area (Å²) in [4.78, 5) is 15.5. The van der Waals surface area contributed by atoms with Crippen LogP contribution in [0.15, 0.2) is 48.2 Å². The molecule has 0 saturated carbocycles. The summed E-state index contributed by atoms with van der Waals surface area (Å²) in [7, 11) is 1.30. The third kappa shape index (κ3) is 4.16. The Morgan fingerprint density at radius 2 is 1.87 bits per heavy atom. The molecule has 0 aliphatic heterocycles. The first-order valence-corrected chi connectivity index (χ1v) is 6.50. The molecule has 6 nitrogen and oxygen atoms in total. The predicted octanol–water partition coefficient (Wildman–Crippen LogP) is 3.09. The summed E-state index contributed by atoms with van der Waals surface area (Å²) in [6.07, 6.45) is 2.92. The van der Waals surface area contributed by atoms with E-state index in [9.17, 15) is 4.79 Å². The maximum atomic E-state index is 11.5. The van der Waals surface area contributed by atoms with Crippen molar-refractivity contribution < 1.29 is 14.3 Å². The Balaban J connectivity index is 2.16. The Morgan fingerprint density at radius 1 is 1.17 bits per heavy atom. The zero-order valence-corrected chi connectivity index (χ0v) is 12.2. The van der Waals surface area contributed by atoms with Crippen LogP contribution >= 0.6 is 0 Å². The Labute approximate surface area is 132 Å². The minimum Gasteiger partial charge on any atom is -0.465 e. The van der Waals surface area contributed by atoms with Gasteiger partial charge in [-0.15, -0.1) is 0 Å². The molecule has 1 heterocycles. The molecular weight excluding hydrogens is 294 g/mol. The van der Waals surface area contributed by atoms with Crippen LogP contribution in [0.1, 0.15) is 15.9 Å². The molecule has 6 heteroatoms. The number of methoxy groups -OCH3 is 1. The molecular formula is C17H11N3O3. The number of allylic oxidation sites excluding steroid dienone is 1. The summed E-state index contributed by atoms with van der Waals surface area (Å²) < 4.78 is 10.2. The van der Waals surface area contributed by atoms with Gasteiger partial charge in [0.1, 0.15) is 23.5 Å². The molecule has 0 atom stereocenters. The van der Waals surface area contributed by atoms with Gasteiger partial charge in [-0.25, -0.2) is 9.78 Å². The number of hydrogen-bond donors (Lipinski definition) is 0. The van der Waals surface area contributed by atoms with Crippen molar-refractivity contribution in [2.24, 2.45) is 0 Å². The SMILES string of the molecule is COC(=O)c1ccnc(Oc2ccc(C=C(C#N)C#N)cc2)c1. The van der Waals surface area contributed by atoms with Crippen molar-refractivity contribution in [1.82, 2.24) is 4.98 Å². The standard InChI is InChI=1S/C17H11N3O3/c1-22-17(21)14-6-7-20-16(9-14)23-15-4-2-12(3-5-15)8-13(10-18)11-19/h2-9H,1H3. The van der Waals surface area contributed by atoms with Crippen LogP contribution < -0.4 is 4.74 Å². The third-order valence-electron chi connectivity index (χ3n) is 2.81. The summed E-state index contributed by atoms with van der Waals surface area (Å²) in [5, 5.41) is 17.4. The van der Waals surface area contributed by atoms with Crippen molar-refractivity contribution in [1.29, 1.82) is 10.5 Å². The fourth-order valence-corrected chi connectivity index (χ4v) is 1.72. The molecule has 0 spiro atoms. The molecule has 2 aromatic rings. The van der Waals surface area contributed by atoms with Crippen LogP contribution in [0, 0.1) is 22.7 Å². The first-order valence-electron chi connectivity index (χ1n) is 6.50. The van der Waals surface area contributed by atoms with Crippen molar-refractivity contribution >= 4 is 12.0 Å². The minimum absolute atomic E-state index is 0.0196. The number of benzene rings is 1. The van der Waals surface area contributed by atoms with Gasteiger partial charge in [0.05, 0.1) is 12.7 Å². The fraction of sp³-hybridized carbons (Fsp3) is 0.0588. The lowest BCUT2D eigenvalue weighted by Gasteiger charge is -2.06. The van der Waals surface area contributed by atoms with Gasteiger partial charge in [-0.3, -0.25) is 0 Å². The first-order chi connectivity index (χ1) is 11.2. The number of hydrogen-bond acceptors (Lipinski definition) is 6. The summed E-state index contributed by atoms with van der Waals surface area (Å²) in [5.41, 5.74) is 1.06. The number of rotatable bonds is 4. The number of carbonyl (C=O) groups excluding carboxylic acids is 1. The van der Waals surface area contributed by atoms with Gasteiger partial charge in [-0.05, 0) is 29.8 Å². The number of ether oxygens (including phenoxy) is 2. The van der Waals surface area contributed by atoms with Gasteiger partial charge in [0.25, 0.3) is 0 Å². The number of esters is 1. The second-order valence-electron chi connectivity index (χ2n) is 4.33. The van der Waals surface area contributed by atoms with Crippen molar-refractivity contribution in [2.75, 3.05) is 7.11 Å². The summed E-state index contributed by atoms with van der Waals surface area (Å²) in [6, 6.07) is 13.3. The molecule has 112 valence electrons. The van der Waals surface area contributed by atoms with E-state index in [-0.39, 0.29) is 11.5 Å². The van der Waals surface area contributed by atoms with E-state index in [2.05, 4.69) is 9.72 Å². The average Bonchev–Trinajstić information content (AvgIpc) is 2.60. The Kier molecular flexibility index (Phi) is 5.06. The lowest BCUT2D eigenvalue weighted by molar-refractivity contribution is 0.0600. The van der Waals surface area contributed by atoms with Crippen molar-refractivity contribution in [2.45, 2.75) is 0 Å². The fourth-order valence-electron chi connectivity index (χ4n) is 1.72. The zero-order valence-electron chi connectivity index (χ0n) is 12.2. The molecule has 1 aromatic heterocycles. The van der Waals surface area contributed by atoms with E-state index in [1.54, 1.807) is 36.4 Å². The highest BCUT2D eigenvalue weighted by atomic mass is 16.5. The molecule has 23 heavy (non-hydrogen) atoms. The minimum atomic E-state index is -0.474. The third-order valence-corrected chi connectivity index (χ3v) is 2.81. The Bertz CT molecular complexity index is 811. The highest BCUT2D eigenvalue weighted by Crippen LogP contribution is 2.21. The second-order valence-corrected chi connectivity index (χ2v) is 4.33. The summed E-state index contributed by atoms with van der Waals surface area (Å²) >= 11 is 0. The molecule has 0 saturated heterocycles. The van der Waals surface area contributed by atoms with Gasteiger partial charge < -0.3 is 9.47 Å². The van der Waals surface area contributed by atoms with Crippen LogP contribution in [0.4, 0.5) is 0 Å². The highest BCUT2D eigenvalue weighted by molar-refractivity contribution is 5.89. The van der Waals surface area contributed by atoms with Crippen LogP contribution in [0.2, 0.25) is 0 Å². The number of nitriles is 2. The lowest BCUT2D eigenvalue weighted by atomic mass is 10.1. The van der Waals surface area contributed by atoms with Crippen LogP contribution in [-0.2, 0) is 4.74 Å². The van der Waals surface area contributed by atoms with Crippen molar-refractivity contribution in [3.63, 3.8) is 0 Å². The molecule has 0 radical (unpaired) electrons. The largest absolute Gasteiger partial charge is 0.465 e. The number of carbonyl (C=O) groups is 1. The topological polar surface area (TPSA) is 96.0 Å². The van der Waals surface area contributed by atoms with E-state index in [0.29, 0.717) is 16.9 Å². The predicted molar refractivity (Wildman–Crippen MR) is 81.3 cm³/mol. The van der Waals surface area contributed by atoms with Crippen molar-refractivity contribution in [3.05, 3.63) is 59.3 Å². The van der Waals surface area contributed by atoms with Gasteiger partial charge in [0.15, 0.2) is 0 Å². The normalized spacial score (nSPS) is 9.17. The van der Waals surface area contributed by atoms with Crippen LogP contribution in [0.3, 0.4) is 0 Å². The van der Waals surface area contributed by atoms with Crippen LogP contribution in [0.5, 0.6) is 11.6 Å². The van der Waals surface area contributed by atoms with Gasteiger partial charge in [0, 0.05) is 12.3 Å². The molecule has 0 unspecified atom stereocenters. The Morgan fingerprint density at radius 3 is 2.48 bits per heavy atom. The highest BCUT2D eigenvalue weighted by Gasteiger charge is 2.07. The number of nitrogens with zero attached hydrogens (tertiary/aromatic N) is 3. The molecule has 0 fully saturated rings. The second kappa shape index (κ2) is 7.39. The molecule has 0 amide bonds. The zero-order chi connectivity index (χ0) is 16.7. The number of aromatic nitrogens is 1. The maximum absolute atomic E-state index is 11.5. The monoisotopic (exact) mass is 305 g/mol. The van der Waals surface area contributed by atoms with E-state index in [1.165, 1.54) is 31.5 Å². The first kappa shape index (κ1) is 15.7. The van der Waals surface area contributed by atoms with Gasteiger partial charge in [0.2, 0.25) is 5.88 Å². The molecule has 0 aliphatic carbocycles. The van der Waals surface area contributed by atoms with Crippen LogP contribution in [-0.4, -0.2) is 18.1 Å². The quantitative estimate of drug-likeness (QED) is 0.636. The number of pyridine rings is 1.